The van der Waals surface area contributed by atoms with E-state index in [0.717, 1.165) is 16.7 Å². The van der Waals surface area contributed by atoms with Gasteiger partial charge in [0, 0.05) is 4.90 Å². The van der Waals surface area contributed by atoms with Crippen molar-refractivity contribution in [1.29, 1.82) is 5.26 Å². The lowest BCUT2D eigenvalue weighted by Gasteiger charge is -2.07. The van der Waals surface area contributed by atoms with Gasteiger partial charge in [-0.2, -0.15) is 5.26 Å². The van der Waals surface area contributed by atoms with Gasteiger partial charge >= 0.3 is 0 Å². The number of nitrogens with zero attached hydrogens (tertiary/aromatic N) is 1. The Morgan fingerprint density at radius 1 is 1.23 bits per heavy atom. The monoisotopic (exact) mass is 195 g/mol. The number of methoxy groups -OCH3 is 2. The number of thioether (sulfide) groups is 1. The molecule has 0 bridgehead atoms. The van der Waals surface area contributed by atoms with E-state index in [1.54, 1.807) is 26.4 Å². The van der Waals surface area contributed by atoms with Gasteiger partial charge in [0.05, 0.1) is 14.2 Å². The van der Waals surface area contributed by atoms with E-state index >= 15 is 0 Å². The third-order valence-corrected chi connectivity index (χ3v) is 2.10. The van der Waals surface area contributed by atoms with Gasteiger partial charge in [-0.05, 0) is 30.0 Å². The zero-order chi connectivity index (χ0) is 9.68. The van der Waals surface area contributed by atoms with E-state index in [2.05, 4.69) is 0 Å². The predicted molar refractivity (Wildman–Crippen MR) is 51.0 cm³/mol. The van der Waals surface area contributed by atoms with Crippen molar-refractivity contribution in [3.63, 3.8) is 0 Å². The molecule has 68 valence electrons. The molecule has 0 spiro atoms. The van der Waals surface area contributed by atoms with Gasteiger partial charge < -0.3 is 9.47 Å². The molecule has 0 saturated heterocycles. The van der Waals surface area contributed by atoms with Crippen LogP contribution in [0.1, 0.15) is 0 Å². The molecule has 1 aromatic carbocycles. The summed E-state index contributed by atoms with van der Waals surface area (Å²) in [5.74, 6) is 1.31. The minimum absolute atomic E-state index is 0.641. The first-order valence-electron chi connectivity index (χ1n) is 3.59. The summed E-state index contributed by atoms with van der Waals surface area (Å²) in [6.07, 6.45) is 0. The molecule has 0 unspecified atom stereocenters. The smallest absolute Gasteiger partial charge is 0.161 e. The maximum Gasteiger partial charge on any atom is 0.161 e. The van der Waals surface area contributed by atoms with E-state index in [0.29, 0.717) is 11.5 Å². The second-order valence-corrected chi connectivity index (χ2v) is 3.07. The molecule has 0 amide bonds. The summed E-state index contributed by atoms with van der Waals surface area (Å²) >= 11 is 1.09. The molecule has 3 nitrogen and oxygen atoms in total. The van der Waals surface area contributed by atoms with Crippen LogP contribution >= 0.6 is 11.8 Å². The van der Waals surface area contributed by atoms with E-state index in [1.807, 2.05) is 11.5 Å². The van der Waals surface area contributed by atoms with Crippen molar-refractivity contribution in [2.45, 2.75) is 4.90 Å². The van der Waals surface area contributed by atoms with Gasteiger partial charge in [0.2, 0.25) is 0 Å². The Kier molecular flexibility index (Phi) is 3.47. The fourth-order valence-corrected chi connectivity index (χ4v) is 1.34. The quantitative estimate of drug-likeness (QED) is 0.548. The van der Waals surface area contributed by atoms with Crippen LogP contribution in [0, 0.1) is 10.7 Å². The van der Waals surface area contributed by atoms with Crippen LogP contribution in [0.4, 0.5) is 0 Å². The molecular weight excluding hydrogens is 186 g/mol. The molecule has 1 rings (SSSR count). The van der Waals surface area contributed by atoms with Crippen LogP contribution in [0.25, 0.3) is 0 Å². The first-order valence-corrected chi connectivity index (χ1v) is 4.41. The van der Waals surface area contributed by atoms with E-state index in [4.69, 9.17) is 14.7 Å². The molecule has 0 aliphatic carbocycles. The Balaban J connectivity index is 3.00. The summed E-state index contributed by atoms with van der Waals surface area (Å²) in [6, 6.07) is 5.36. The van der Waals surface area contributed by atoms with Crippen molar-refractivity contribution in [1.82, 2.24) is 0 Å². The van der Waals surface area contributed by atoms with Crippen molar-refractivity contribution in [3.8, 4) is 16.9 Å². The number of benzene rings is 1. The summed E-state index contributed by atoms with van der Waals surface area (Å²) < 4.78 is 10.1. The first kappa shape index (κ1) is 9.75. The zero-order valence-electron chi connectivity index (χ0n) is 7.40. The van der Waals surface area contributed by atoms with E-state index in [1.165, 1.54) is 0 Å². The molecule has 0 aliphatic rings. The van der Waals surface area contributed by atoms with E-state index < -0.39 is 0 Å². The third-order valence-electron chi connectivity index (χ3n) is 1.52. The van der Waals surface area contributed by atoms with Crippen LogP contribution in [0.3, 0.4) is 0 Å². The Bertz CT molecular complexity index is 333. The predicted octanol–water partition coefficient (Wildman–Crippen LogP) is 2.28. The third kappa shape index (κ3) is 2.30. The summed E-state index contributed by atoms with van der Waals surface area (Å²) in [7, 11) is 3.15. The summed E-state index contributed by atoms with van der Waals surface area (Å²) in [5, 5.41) is 10.4. The molecular formula is C9H9NO2S. The van der Waals surface area contributed by atoms with Crippen LogP contribution in [0.15, 0.2) is 23.1 Å². The fourth-order valence-electron chi connectivity index (χ4n) is 0.933. The molecule has 0 atom stereocenters. The molecule has 0 saturated carbocycles. The lowest BCUT2D eigenvalue weighted by atomic mass is 10.3. The van der Waals surface area contributed by atoms with Gasteiger partial charge in [-0.1, -0.05) is 0 Å². The van der Waals surface area contributed by atoms with E-state index in [9.17, 15) is 0 Å². The zero-order valence-corrected chi connectivity index (χ0v) is 8.22. The van der Waals surface area contributed by atoms with Gasteiger partial charge in [0.1, 0.15) is 5.40 Å². The summed E-state index contributed by atoms with van der Waals surface area (Å²) in [4.78, 5) is 0.847. The second kappa shape index (κ2) is 4.63. The molecule has 4 heteroatoms. The maximum atomic E-state index is 8.45. The largest absolute Gasteiger partial charge is 0.493 e. The molecule has 0 aliphatic heterocycles. The van der Waals surface area contributed by atoms with Gasteiger partial charge in [-0.15, -0.1) is 0 Å². The molecule has 1 aromatic rings. The number of nitriles is 1. The normalized spacial score (nSPS) is 9.00. The van der Waals surface area contributed by atoms with Crippen molar-refractivity contribution in [2.24, 2.45) is 0 Å². The Labute approximate surface area is 81.3 Å². The van der Waals surface area contributed by atoms with Gasteiger partial charge in [-0.25, -0.2) is 0 Å². The van der Waals surface area contributed by atoms with Gasteiger partial charge in [0.25, 0.3) is 0 Å². The van der Waals surface area contributed by atoms with Crippen LogP contribution in [-0.4, -0.2) is 14.2 Å². The Morgan fingerprint density at radius 3 is 2.46 bits per heavy atom. The van der Waals surface area contributed by atoms with E-state index in [-0.39, 0.29) is 0 Å². The molecule has 0 radical (unpaired) electrons. The lowest BCUT2D eigenvalue weighted by molar-refractivity contribution is 0.354. The second-order valence-electron chi connectivity index (χ2n) is 2.21. The number of ether oxygens (including phenoxy) is 2. The van der Waals surface area contributed by atoms with Crippen LogP contribution < -0.4 is 9.47 Å². The molecule has 0 fully saturated rings. The lowest BCUT2D eigenvalue weighted by Crippen LogP contribution is -1.89. The topological polar surface area (TPSA) is 42.2 Å². The molecule has 0 heterocycles. The molecule has 0 aromatic heterocycles. The van der Waals surface area contributed by atoms with Crippen molar-refractivity contribution in [2.75, 3.05) is 14.2 Å². The van der Waals surface area contributed by atoms with Crippen molar-refractivity contribution >= 4 is 11.8 Å². The standard InChI is InChI=1S/C9H9NO2S/c1-11-8-4-3-7(13-6-10)5-9(8)12-2/h3-5H,1-2H3. The summed E-state index contributed by atoms with van der Waals surface area (Å²) in [5.41, 5.74) is 0. The number of hydrogen-bond acceptors (Lipinski definition) is 4. The highest BCUT2D eigenvalue weighted by Crippen LogP contribution is 2.31. The fraction of sp³-hybridized carbons (Fsp3) is 0.222. The molecule has 0 N–H and O–H groups in total. The Hall–Kier alpha value is -1.34. The number of thiocyanates is 1. The minimum Gasteiger partial charge on any atom is -0.493 e. The van der Waals surface area contributed by atoms with Gasteiger partial charge in [-0.3, -0.25) is 0 Å². The van der Waals surface area contributed by atoms with Crippen molar-refractivity contribution < 1.29 is 9.47 Å². The first-order chi connectivity index (χ1) is 6.31. The highest BCUT2D eigenvalue weighted by Gasteiger charge is 2.03. The van der Waals surface area contributed by atoms with Gasteiger partial charge in [0.15, 0.2) is 11.5 Å². The van der Waals surface area contributed by atoms with Crippen LogP contribution in [-0.2, 0) is 0 Å². The molecule has 13 heavy (non-hydrogen) atoms. The maximum absolute atomic E-state index is 8.45. The van der Waals surface area contributed by atoms with Crippen LogP contribution in [0.5, 0.6) is 11.5 Å². The number of hydrogen-bond donors (Lipinski definition) is 0. The Morgan fingerprint density at radius 2 is 1.92 bits per heavy atom. The van der Waals surface area contributed by atoms with Crippen LogP contribution in [0.2, 0.25) is 0 Å². The average Bonchev–Trinajstić information content (AvgIpc) is 2.18. The number of rotatable bonds is 3. The highest BCUT2D eigenvalue weighted by atomic mass is 32.2. The highest BCUT2D eigenvalue weighted by molar-refractivity contribution is 8.03. The minimum atomic E-state index is 0.641. The van der Waals surface area contributed by atoms with Crippen molar-refractivity contribution in [3.05, 3.63) is 18.2 Å². The summed E-state index contributed by atoms with van der Waals surface area (Å²) in [6.45, 7) is 0. The average molecular weight is 195 g/mol. The SMILES string of the molecule is COc1ccc(SC#N)cc1OC.